The van der Waals surface area contributed by atoms with Crippen LogP contribution in [0.1, 0.15) is 13.8 Å². The predicted molar refractivity (Wildman–Crippen MR) is 249 cm³/mol. The number of nitrogens with one attached hydrogen (secondary N) is 1. The normalized spacial score (nSPS) is 11.6. The van der Waals surface area contributed by atoms with Gasteiger partial charge in [0.2, 0.25) is 4.91 Å². The standard InChI is InChI=1S/C44H91N4O21/c1-44(2)69-48-68-43-42-67-41-40-66-39-38-65-37-36-64-35-34-63-33-32-62-31-30-61-29-28-60-27-26-59-25-24-58-23-22-57-21-20-56-19-18-55-17-16-54-15-14-53-13-12-52-11-10-51-9-8-50-7-6-49-5-4-46-47-45-3/h44,48H,4-43H2,1-3H3/q+1. The first-order valence-corrected chi connectivity index (χ1v) is 24.2. The van der Waals surface area contributed by atoms with Crippen LogP contribution in [0.3, 0.4) is 0 Å². The van der Waals surface area contributed by atoms with Gasteiger partial charge in [0.15, 0.2) is 0 Å². The fraction of sp³-hybridized carbons (Fsp3) is 1.00. The minimum Gasteiger partial charge on any atom is -0.377 e. The van der Waals surface area contributed by atoms with Crippen LogP contribution in [0.2, 0.25) is 0 Å². The summed E-state index contributed by atoms with van der Waals surface area (Å²) in [7, 11) is 1.57. The summed E-state index contributed by atoms with van der Waals surface area (Å²) in [5, 5.41) is 7.29. The first kappa shape index (κ1) is 67.4. The molecule has 0 heterocycles. The maximum atomic E-state index is 5.51. The molecule has 0 aromatic carbocycles. The number of hydrogen-bond donors (Lipinski definition) is 1. The molecular weight excluding hydrogens is 920 g/mol. The Morgan fingerprint density at radius 3 is 0.623 bits per heavy atom. The quantitative estimate of drug-likeness (QED) is 0.0383. The Balaban J connectivity index is 3.08. The van der Waals surface area contributed by atoms with Gasteiger partial charge in [0.05, 0.1) is 264 Å². The molecule has 412 valence electrons. The molecule has 0 aliphatic carbocycles. The Kier molecular flexibility index (Phi) is 63.0. The van der Waals surface area contributed by atoms with Gasteiger partial charge in [0.25, 0.3) is 0 Å². The minimum atomic E-state index is 0.0499. The van der Waals surface area contributed by atoms with Crippen molar-refractivity contribution in [3.63, 3.8) is 0 Å². The third-order valence-electron chi connectivity index (χ3n) is 7.86. The molecule has 0 saturated carbocycles. The average Bonchev–Trinajstić information content (AvgIpc) is 3.35. The maximum Gasteiger partial charge on any atom is 0.216 e. The van der Waals surface area contributed by atoms with Crippen LogP contribution in [-0.4, -0.2) is 277 Å². The second-order valence-corrected chi connectivity index (χ2v) is 13.9. The van der Waals surface area contributed by atoms with Crippen molar-refractivity contribution in [3.8, 4) is 0 Å². The van der Waals surface area contributed by atoms with Gasteiger partial charge in [-0.25, -0.2) is 0 Å². The highest BCUT2D eigenvalue weighted by Crippen LogP contribution is 1.90. The van der Waals surface area contributed by atoms with E-state index < -0.39 is 0 Å². The van der Waals surface area contributed by atoms with E-state index in [4.69, 9.17) is 99.7 Å². The molecule has 0 saturated heterocycles. The highest BCUT2D eigenvalue weighted by molar-refractivity contribution is 4.42. The summed E-state index contributed by atoms with van der Waals surface area (Å²) in [5.74, 6) is 0. The van der Waals surface area contributed by atoms with E-state index in [2.05, 4.69) is 20.8 Å². The van der Waals surface area contributed by atoms with Crippen LogP contribution in [-0.2, 0) is 99.7 Å². The number of hydrogen-bond acceptors (Lipinski definition) is 24. The zero-order valence-electron chi connectivity index (χ0n) is 42.3. The lowest BCUT2D eigenvalue weighted by atomic mass is 10.5. The van der Waals surface area contributed by atoms with E-state index >= 15 is 0 Å². The first-order chi connectivity index (χ1) is 34.3. The molecule has 0 bridgehead atoms. The van der Waals surface area contributed by atoms with E-state index in [1.165, 1.54) is 0 Å². The van der Waals surface area contributed by atoms with Crippen LogP contribution in [0, 0.1) is 0 Å². The second kappa shape index (κ2) is 64.4. The summed E-state index contributed by atoms with van der Waals surface area (Å²) in [4.78, 5) is 13.6. The van der Waals surface area contributed by atoms with Crippen LogP contribution in [0.5, 0.6) is 0 Å². The van der Waals surface area contributed by atoms with Crippen molar-refractivity contribution in [1.29, 1.82) is 0 Å². The topological polar surface area (TPSA) is 245 Å². The smallest absolute Gasteiger partial charge is 0.216 e. The monoisotopic (exact) mass is 1010 g/mol. The lowest BCUT2D eigenvalue weighted by Crippen LogP contribution is -2.22. The van der Waals surface area contributed by atoms with Crippen LogP contribution in [0.15, 0.2) is 10.2 Å². The van der Waals surface area contributed by atoms with Gasteiger partial charge in [-0.1, -0.05) is 5.64 Å². The van der Waals surface area contributed by atoms with Gasteiger partial charge in [-0.05, 0) is 13.8 Å². The van der Waals surface area contributed by atoms with Gasteiger partial charge in [-0.2, -0.15) is 0 Å². The molecule has 25 nitrogen and oxygen atoms in total. The van der Waals surface area contributed by atoms with Crippen molar-refractivity contribution in [3.05, 3.63) is 0 Å². The minimum absolute atomic E-state index is 0.0499. The predicted octanol–water partition coefficient (Wildman–Crippen LogP) is 0.764. The van der Waals surface area contributed by atoms with Crippen LogP contribution >= 0.6 is 0 Å². The van der Waals surface area contributed by atoms with Crippen LogP contribution in [0.25, 0.3) is 0 Å². The molecule has 0 rings (SSSR count). The molecular formula is C44H91N4O21+. The number of rotatable bonds is 63. The maximum absolute atomic E-state index is 5.51. The highest BCUT2D eigenvalue weighted by atomic mass is 16.9. The molecule has 0 aliphatic rings. The number of ether oxygens (including phenoxy) is 19. The summed E-state index contributed by atoms with van der Waals surface area (Å²) in [5.41, 5.74) is 2.40. The van der Waals surface area contributed by atoms with E-state index in [0.29, 0.717) is 264 Å². The van der Waals surface area contributed by atoms with Gasteiger partial charge in [0, 0.05) is 0 Å². The fourth-order valence-electron chi connectivity index (χ4n) is 4.55. The molecule has 0 radical (unpaired) electrons. The molecule has 25 heteroatoms. The van der Waals surface area contributed by atoms with Crippen LogP contribution < -0.4 is 10.6 Å². The molecule has 0 aromatic rings. The zero-order chi connectivity index (χ0) is 49.5. The molecule has 69 heavy (non-hydrogen) atoms. The van der Waals surface area contributed by atoms with Crippen molar-refractivity contribution < 1.29 is 99.7 Å². The molecule has 0 amide bonds. The first-order valence-electron chi connectivity index (χ1n) is 24.2. The third-order valence-corrected chi connectivity index (χ3v) is 7.86. The summed E-state index contributed by atoms with van der Waals surface area (Å²) in [6.07, 6.45) is 0.0499. The van der Waals surface area contributed by atoms with Gasteiger partial charge in [-0.3, -0.25) is 9.68 Å². The van der Waals surface area contributed by atoms with Crippen molar-refractivity contribution in [2.45, 2.75) is 20.0 Å². The van der Waals surface area contributed by atoms with E-state index in [0.717, 1.165) is 0 Å². The molecule has 0 aliphatic heterocycles. The van der Waals surface area contributed by atoms with Gasteiger partial charge >= 0.3 is 0 Å². The Morgan fingerprint density at radius 2 is 0.449 bits per heavy atom. The average molecular weight is 1010 g/mol. The van der Waals surface area contributed by atoms with Crippen LogP contribution in [0.4, 0.5) is 0 Å². The summed E-state index contributed by atoms with van der Waals surface area (Å²) < 4.78 is 104. The highest BCUT2D eigenvalue weighted by Gasteiger charge is 2.00. The SMILES string of the molecule is CN=[N+]=NCCOCCOCCOCCOCCOCCOCCOCCOCCOCCOCCOCCOCCOCCOCCOCCOCCOCCOCCOCCONOC(C)C. The molecule has 0 unspecified atom stereocenters. The fourth-order valence-corrected chi connectivity index (χ4v) is 4.55. The van der Waals surface area contributed by atoms with Crippen molar-refractivity contribution in [1.82, 2.24) is 10.6 Å². The van der Waals surface area contributed by atoms with E-state index in [1.54, 1.807) is 7.05 Å². The summed E-state index contributed by atoms with van der Waals surface area (Å²) in [6.45, 7) is 23.4. The zero-order valence-corrected chi connectivity index (χ0v) is 42.3. The Morgan fingerprint density at radius 1 is 0.275 bits per heavy atom. The summed E-state index contributed by atoms with van der Waals surface area (Å²) >= 11 is 0. The largest absolute Gasteiger partial charge is 0.377 e. The van der Waals surface area contributed by atoms with E-state index in [1.807, 2.05) is 13.8 Å². The molecule has 0 fully saturated rings. The van der Waals surface area contributed by atoms with Crippen molar-refractivity contribution >= 4 is 0 Å². The lowest BCUT2D eigenvalue weighted by molar-refractivity contribution is -0.196. The molecule has 0 spiro atoms. The van der Waals surface area contributed by atoms with Gasteiger partial charge in [0.1, 0.15) is 23.8 Å². The van der Waals surface area contributed by atoms with Gasteiger partial charge in [-0.15, -0.1) is 0 Å². The molecule has 0 aromatic heterocycles. The van der Waals surface area contributed by atoms with Gasteiger partial charge < -0.3 is 90.0 Å². The summed E-state index contributed by atoms with van der Waals surface area (Å²) in [6, 6.07) is 0. The second-order valence-electron chi connectivity index (χ2n) is 13.9. The van der Waals surface area contributed by atoms with Crippen molar-refractivity contribution in [2.24, 2.45) is 10.2 Å². The number of nitrogens with zero attached hydrogens (tertiary/aromatic N) is 3. The van der Waals surface area contributed by atoms with E-state index in [9.17, 15) is 0 Å². The molecule has 0 atom stereocenters. The Labute approximate surface area is 411 Å². The lowest BCUT2D eigenvalue weighted by Gasteiger charge is -2.09. The third kappa shape index (κ3) is 66.4. The Hall–Kier alpha value is -1.57. The molecule has 1 N–H and O–H groups in total. The Bertz CT molecular complexity index is 1000. The van der Waals surface area contributed by atoms with Crippen molar-refractivity contribution in [2.75, 3.05) is 271 Å². The van der Waals surface area contributed by atoms with E-state index in [-0.39, 0.29) is 6.10 Å².